The zero-order valence-corrected chi connectivity index (χ0v) is 20.6. The molecule has 4 rings (SSSR count). The number of aryl methyl sites for hydroxylation is 4. The molecule has 0 radical (unpaired) electrons. The number of hydrogen-bond donors (Lipinski definition) is 1. The number of anilines is 1. The van der Waals surface area contributed by atoms with Crippen LogP contribution in [0.25, 0.3) is 11.9 Å². The number of nitrogens with one attached hydrogen (secondary N) is 1. The second-order valence-electron chi connectivity index (χ2n) is 8.44. The normalized spacial score (nSPS) is 14.9. The van der Waals surface area contributed by atoms with Gasteiger partial charge in [0.25, 0.3) is 11.1 Å². The van der Waals surface area contributed by atoms with Crippen LogP contribution in [0.4, 0.5) is 10.5 Å². The van der Waals surface area contributed by atoms with E-state index in [1.54, 1.807) is 12.3 Å². The number of hydrogen-bond acceptors (Lipinski definition) is 5. The molecule has 3 aromatic rings. The topological polar surface area (TPSA) is 84.3 Å². The first-order valence-electron chi connectivity index (χ1n) is 10.9. The van der Waals surface area contributed by atoms with Crippen LogP contribution < -0.4 is 5.32 Å². The molecule has 8 heteroatoms. The Balaban J connectivity index is 1.54. The van der Waals surface area contributed by atoms with Gasteiger partial charge in [0.1, 0.15) is 12.4 Å². The van der Waals surface area contributed by atoms with Crippen LogP contribution in [-0.2, 0) is 9.59 Å². The van der Waals surface area contributed by atoms with Gasteiger partial charge in [-0.2, -0.15) is 0 Å². The first-order chi connectivity index (χ1) is 16.2. The summed E-state index contributed by atoms with van der Waals surface area (Å²) in [5.74, 6) is -0.0827. The average molecular weight is 475 g/mol. The SMILES string of the molecule is Cc1ccnc(-n2c(C)cc(C=C3SC(=O)N(CC(=O)Nc4c(C)cccc4C)C3=O)c2C)c1. The predicted octanol–water partition coefficient (Wildman–Crippen LogP) is 5.09. The molecule has 1 fully saturated rings. The summed E-state index contributed by atoms with van der Waals surface area (Å²) in [4.78, 5) is 43.9. The highest BCUT2D eigenvalue weighted by Gasteiger charge is 2.36. The van der Waals surface area contributed by atoms with Crippen molar-refractivity contribution >= 4 is 40.6 Å². The fourth-order valence-electron chi connectivity index (χ4n) is 4.04. The van der Waals surface area contributed by atoms with E-state index in [1.165, 1.54) is 0 Å². The van der Waals surface area contributed by atoms with Crippen molar-refractivity contribution in [1.29, 1.82) is 0 Å². The zero-order valence-electron chi connectivity index (χ0n) is 19.8. The third kappa shape index (κ3) is 4.54. The third-order valence-electron chi connectivity index (χ3n) is 5.81. The van der Waals surface area contributed by atoms with Crippen molar-refractivity contribution in [3.63, 3.8) is 0 Å². The molecule has 1 aromatic carbocycles. The number of carbonyl (C=O) groups excluding carboxylic acids is 3. The molecule has 1 aliphatic rings. The number of carbonyl (C=O) groups is 3. The Hall–Kier alpha value is -3.65. The van der Waals surface area contributed by atoms with Crippen LogP contribution in [-0.4, -0.2) is 38.0 Å². The number of thioether (sulfide) groups is 1. The number of pyridine rings is 1. The maximum atomic E-state index is 13.0. The summed E-state index contributed by atoms with van der Waals surface area (Å²) in [6.45, 7) is 9.39. The summed E-state index contributed by atoms with van der Waals surface area (Å²) in [6, 6.07) is 11.6. The number of para-hydroxylation sites is 1. The summed E-state index contributed by atoms with van der Waals surface area (Å²) in [7, 11) is 0. The molecule has 0 saturated carbocycles. The van der Waals surface area contributed by atoms with Crippen LogP contribution in [0.1, 0.15) is 33.6 Å². The molecule has 174 valence electrons. The lowest BCUT2D eigenvalue weighted by Gasteiger charge is -2.15. The molecule has 2 aromatic heterocycles. The molecule has 34 heavy (non-hydrogen) atoms. The molecular weight excluding hydrogens is 448 g/mol. The van der Waals surface area contributed by atoms with E-state index in [9.17, 15) is 14.4 Å². The Morgan fingerprint density at radius 1 is 1.06 bits per heavy atom. The summed E-state index contributed by atoms with van der Waals surface area (Å²) in [5, 5.41) is 2.37. The highest BCUT2D eigenvalue weighted by atomic mass is 32.2. The minimum atomic E-state index is -0.467. The van der Waals surface area contributed by atoms with Crippen LogP contribution >= 0.6 is 11.8 Å². The molecule has 1 saturated heterocycles. The molecule has 0 atom stereocenters. The van der Waals surface area contributed by atoms with Crippen molar-refractivity contribution in [2.45, 2.75) is 34.6 Å². The van der Waals surface area contributed by atoms with Crippen molar-refractivity contribution < 1.29 is 14.4 Å². The summed E-state index contributed by atoms with van der Waals surface area (Å²) in [5.41, 5.74) is 6.34. The van der Waals surface area contributed by atoms with E-state index in [0.717, 1.165) is 56.1 Å². The van der Waals surface area contributed by atoms with Crippen LogP contribution in [0.15, 0.2) is 47.5 Å². The van der Waals surface area contributed by atoms with E-state index in [4.69, 9.17) is 0 Å². The third-order valence-corrected chi connectivity index (χ3v) is 6.72. The van der Waals surface area contributed by atoms with Gasteiger partial charge >= 0.3 is 0 Å². The van der Waals surface area contributed by atoms with Gasteiger partial charge in [-0.25, -0.2) is 4.98 Å². The van der Waals surface area contributed by atoms with E-state index >= 15 is 0 Å². The van der Waals surface area contributed by atoms with Gasteiger partial charge in [-0.1, -0.05) is 18.2 Å². The maximum Gasteiger partial charge on any atom is 0.294 e. The van der Waals surface area contributed by atoms with Crippen LogP contribution in [0.5, 0.6) is 0 Å². The van der Waals surface area contributed by atoms with Gasteiger partial charge in [-0.05, 0) is 92.9 Å². The average Bonchev–Trinajstić information content (AvgIpc) is 3.20. The largest absolute Gasteiger partial charge is 0.324 e. The minimum Gasteiger partial charge on any atom is -0.324 e. The van der Waals surface area contributed by atoms with Crippen molar-refractivity contribution in [1.82, 2.24) is 14.5 Å². The van der Waals surface area contributed by atoms with Crippen LogP contribution in [0, 0.1) is 34.6 Å². The van der Waals surface area contributed by atoms with Gasteiger partial charge in [-0.15, -0.1) is 0 Å². The fraction of sp³-hybridized carbons (Fsp3) is 0.231. The van der Waals surface area contributed by atoms with E-state index in [0.29, 0.717) is 10.6 Å². The highest BCUT2D eigenvalue weighted by molar-refractivity contribution is 8.18. The quantitative estimate of drug-likeness (QED) is 0.521. The van der Waals surface area contributed by atoms with Gasteiger partial charge in [0.15, 0.2) is 0 Å². The molecule has 3 heterocycles. The Labute approximate surface area is 202 Å². The second-order valence-corrected chi connectivity index (χ2v) is 9.43. The summed E-state index contributed by atoms with van der Waals surface area (Å²) >= 11 is 0.847. The lowest BCUT2D eigenvalue weighted by molar-refractivity contribution is -0.127. The van der Waals surface area contributed by atoms with Gasteiger partial charge in [0.2, 0.25) is 5.91 Å². The Morgan fingerprint density at radius 2 is 1.76 bits per heavy atom. The van der Waals surface area contributed by atoms with Crippen molar-refractivity contribution in [2.75, 3.05) is 11.9 Å². The molecule has 0 bridgehead atoms. The van der Waals surface area contributed by atoms with Gasteiger partial charge in [-0.3, -0.25) is 19.3 Å². The lowest BCUT2D eigenvalue weighted by Crippen LogP contribution is -2.36. The maximum absolute atomic E-state index is 13.0. The molecular formula is C26H26N4O3S. The van der Waals surface area contributed by atoms with E-state index in [-0.39, 0.29) is 6.54 Å². The smallest absolute Gasteiger partial charge is 0.294 e. The highest BCUT2D eigenvalue weighted by Crippen LogP contribution is 2.33. The Bertz CT molecular complexity index is 1340. The standard InChI is InChI=1S/C26H26N4O3S/c1-15-9-10-27-22(11-15)30-18(4)12-20(19(30)5)13-21-25(32)29(26(33)34-21)14-23(31)28-24-16(2)7-6-8-17(24)3/h6-13H,14H2,1-5H3,(H,28,31). The summed E-state index contributed by atoms with van der Waals surface area (Å²) < 4.78 is 2.01. The number of rotatable bonds is 5. The molecule has 7 nitrogen and oxygen atoms in total. The van der Waals surface area contributed by atoms with Gasteiger partial charge in [0.05, 0.1) is 4.91 Å². The number of amides is 3. The summed E-state index contributed by atoms with van der Waals surface area (Å²) in [6.07, 6.45) is 3.47. The first-order valence-corrected chi connectivity index (χ1v) is 11.7. The van der Waals surface area contributed by atoms with Gasteiger partial charge in [0, 0.05) is 23.3 Å². The van der Waals surface area contributed by atoms with E-state index in [2.05, 4.69) is 10.3 Å². The number of imide groups is 1. The number of benzene rings is 1. The lowest BCUT2D eigenvalue weighted by atomic mass is 10.1. The van der Waals surface area contributed by atoms with E-state index in [1.807, 2.05) is 75.6 Å². The molecule has 1 N–H and O–H groups in total. The van der Waals surface area contributed by atoms with Crippen LogP contribution in [0.2, 0.25) is 0 Å². The molecule has 0 aliphatic carbocycles. The van der Waals surface area contributed by atoms with E-state index < -0.39 is 17.1 Å². The van der Waals surface area contributed by atoms with Crippen molar-refractivity contribution in [3.05, 3.63) is 81.1 Å². The number of aromatic nitrogens is 2. The van der Waals surface area contributed by atoms with Crippen LogP contribution in [0.3, 0.4) is 0 Å². The monoisotopic (exact) mass is 474 g/mol. The Morgan fingerprint density at radius 3 is 2.44 bits per heavy atom. The molecule has 0 unspecified atom stereocenters. The van der Waals surface area contributed by atoms with Crippen molar-refractivity contribution in [3.8, 4) is 5.82 Å². The predicted molar refractivity (Wildman–Crippen MR) is 135 cm³/mol. The first kappa shape index (κ1) is 23.5. The zero-order chi connectivity index (χ0) is 24.6. The molecule has 1 aliphatic heterocycles. The molecule has 0 spiro atoms. The molecule has 3 amide bonds. The van der Waals surface area contributed by atoms with Gasteiger partial charge < -0.3 is 9.88 Å². The second kappa shape index (κ2) is 9.30. The number of nitrogens with zero attached hydrogens (tertiary/aromatic N) is 3. The minimum absolute atomic E-state index is 0.294. The Kier molecular flexibility index (Phi) is 6.43. The fourth-order valence-corrected chi connectivity index (χ4v) is 4.87. The van der Waals surface area contributed by atoms with Crippen molar-refractivity contribution in [2.24, 2.45) is 0 Å².